The number of rotatable bonds is 29. The summed E-state index contributed by atoms with van der Waals surface area (Å²) in [4.78, 5) is 134. The molecular weight excluding hydrogens is 1040 g/mol. The second-order valence-corrected chi connectivity index (χ2v) is 19.9. The third-order valence-corrected chi connectivity index (χ3v) is 13.6. The molecule has 0 radical (unpaired) electrons. The molecule has 2 aliphatic rings. The first-order chi connectivity index (χ1) is 34.4. The maximum absolute atomic E-state index is 13.2. The number of carbonyl (C=O) groups is 7. The molecular formula is C38H63N9O25P2. The first-order valence-electron chi connectivity index (χ1n) is 22.5. The Morgan fingerprint density at radius 3 is 1.96 bits per heavy atom. The van der Waals surface area contributed by atoms with Crippen LogP contribution < -0.4 is 49.3 Å². The minimum absolute atomic E-state index is 0.0458. The Balaban J connectivity index is 1.57. The van der Waals surface area contributed by atoms with Crippen LogP contribution >= 0.6 is 15.6 Å². The van der Waals surface area contributed by atoms with E-state index in [1.807, 2.05) is 4.98 Å². The number of aliphatic hydroxyl groups excluding tert-OH is 4. The average Bonchev–Trinajstić information content (AvgIpc) is 3.59. The number of amides is 5. The van der Waals surface area contributed by atoms with E-state index < -0.39 is 186 Å². The van der Waals surface area contributed by atoms with Gasteiger partial charge in [0, 0.05) is 18.7 Å². The van der Waals surface area contributed by atoms with Crippen LogP contribution in [-0.4, -0.2) is 196 Å². The van der Waals surface area contributed by atoms with Crippen molar-refractivity contribution < 1.29 is 111 Å². The van der Waals surface area contributed by atoms with Gasteiger partial charge < -0.3 is 92.7 Å². The van der Waals surface area contributed by atoms with Gasteiger partial charge in [0.2, 0.25) is 29.5 Å². The maximum atomic E-state index is 13.2. The van der Waals surface area contributed by atoms with E-state index in [9.17, 15) is 87.6 Å². The van der Waals surface area contributed by atoms with Gasteiger partial charge in [-0.05, 0) is 59.9 Å². The molecule has 36 heteroatoms. The summed E-state index contributed by atoms with van der Waals surface area (Å²) in [5, 5.41) is 71.7. The Kier molecular flexibility index (Phi) is 24.0. The number of unbranched alkanes of at least 4 members (excludes halogenated alkanes) is 1. The molecule has 0 aliphatic carbocycles. The van der Waals surface area contributed by atoms with Crippen LogP contribution in [0.25, 0.3) is 0 Å². The number of aromatic nitrogens is 2. The molecule has 2 fully saturated rings. The summed E-state index contributed by atoms with van der Waals surface area (Å²) in [6.45, 7) is 2.78. The van der Waals surface area contributed by atoms with E-state index in [1.54, 1.807) is 0 Å². The zero-order chi connectivity index (χ0) is 56.0. The predicted molar refractivity (Wildman–Crippen MR) is 243 cm³/mol. The fourth-order valence-corrected chi connectivity index (χ4v) is 9.06. The van der Waals surface area contributed by atoms with Crippen LogP contribution in [0.4, 0.5) is 0 Å². The van der Waals surface area contributed by atoms with Crippen molar-refractivity contribution in [2.24, 2.45) is 11.5 Å². The molecule has 0 bridgehead atoms. The monoisotopic (exact) mass is 1110 g/mol. The highest BCUT2D eigenvalue weighted by Crippen LogP contribution is 2.61. The fourth-order valence-electron chi connectivity index (χ4n) is 6.88. The van der Waals surface area contributed by atoms with Crippen molar-refractivity contribution in [1.29, 1.82) is 0 Å². The van der Waals surface area contributed by atoms with Crippen molar-refractivity contribution in [1.82, 2.24) is 36.1 Å². The van der Waals surface area contributed by atoms with E-state index in [2.05, 4.69) is 35.4 Å². The molecule has 2 saturated heterocycles. The Hall–Kier alpha value is -5.13. The molecule has 17 atom stereocenters. The molecule has 1 aromatic heterocycles. The Bertz CT molecular complexity index is 2360. The van der Waals surface area contributed by atoms with Crippen LogP contribution in [-0.2, 0) is 70.3 Å². The van der Waals surface area contributed by atoms with E-state index >= 15 is 0 Å². The second-order valence-electron chi connectivity index (χ2n) is 16.9. The van der Waals surface area contributed by atoms with Gasteiger partial charge in [-0.1, -0.05) is 0 Å². The molecule has 420 valence electrons. The van der Waals surface area contributed by atoms with Gasteiger partial charge in [0.25, 0.3) is 5.56 Å². The highest BCUT2D eigenvalue weighted by Gasteiger charge is 2.51. The summed E-state index contributed by atoms with van der Waals surface area (Å²) in [6.07, 6.45) is -15.8. The standard InChI is InChI=1S/C38H63N9O25P2/c1-15(30(54)43-17(3)35(58)59)42-33(57)19(7-5-6-11-39)44-23(49)9-8-20(36(60)61)45-31(55)16(2)41-32(56)18(4)68-29-25(40)37(70-21(13-48)27(29)52)71-74(65,66)72-73(63,64)67-14-22-26(51)28(53)34(69-22)47-12-10-24(50)46-38(47)62/h10,12,15-22,25-29,34,37,48,51-53H,5-9,11,13-14,39-40H2,1-4H3,(H,41,56)(H,42,57)(H,43,54)(H,44,49)(H,45,55)(H,58,59)(H,60,61)(H,63,64)(H,65,66)(H,46,50,62)/t15-,16+,17-,18-,19+,20-,21-,22-,25-,26-,27-,28-,29-,34-,37?/m1/s1. The molecule has 34 nitrogen and oxygen atoms in total. The number of carboxylic acids is 2. The zero-order valence-electron chi connectivity index (χ0n) is 40.0. The minimum Gasteiger partial charge on any atom is -0.480 e. The van der Waals surface area contributed by atoms with E-state index in [0.717, 1.165) is 26.1 Å². The van der Waals surface area contributed by atoms with Crippen LogP contribution in [0.15, 0.2) is 21.9 Å². The number of aliphatic hydroxyl groups is 4. The van der Waals surface area contributed by atoms with Crippen molar-refractivity contribution in [3.05, 3.63) is 33.1 Å². The third-order valence-electron chi connectivity index (χ3n) is 11.0. The summed E-state index contributed by atoms with van der Waals surface area (Å²) in [5.74, 6) is -7.58. The number of phosphoric ester groups is 2. The van der Waals surface area contributed by atoms with E-state index in [-0.39, 0.29) is 13.0 Å². The van der Waals surface area contributed by atoms with E-state index in [1.165, 1.54) is 13.8 Å². The number of nitrogens with one attached hydrogen (secondary N) is 6. The number of nitrogens with zero attached hydrogens (tertiary/aromatic N) is 1. The molecule has 0 spiro atoms. The third kappa shape index (κ3) is 18.6. The molecule has 0 aromatic carbocycles. The predicted octanol–water partition coefficient (Wildman–Crippen LogP) is -6.85. The molecule has 3 rings (SSSR count). The number of hydrogen-bond acceptors (Lipinski definition) is 23. The van der Waals surface area contributed by atoms with Crippen LogP contribution in [0.2, 0.25) is 0 Å². The van der Waals surface area contributed by atoms with Crippen LogP contribution in [0.3, 0.4) is 0 Å². The van der Waals surface area contributed by atoms with E-state index in [0.29, 0.717) is 17.4 Å². The SMILES string of the molecule is C[C@H](NC(=O)[C@@H](C)O[C@H]1[C@H](O)[C@@H](CO)OC(OP(=O)(O)OP(=O)(O)OC[C@H]2O[C@@H](n3ccc(=O)[nH]c3=O)[C@H](O)[C@@H]2O)[C@@H]1N)C(=O)N[C@H](CCC(=O)N[C@@H](CCCCN)C(=O)N[C@H](C)C(=O)N[C@H](C)C(=O)O)C(=O)O. The van der Waals surface area contributed by atoms with Gasteiger partial charge in [-0.15, -0.1) is 0 Å². The number of carbonyl (C=O) groups excluding carboxylic acids is 5. The summed E-state index contributed by atoms with van der Waals surface area (Å²) < 4.78 is 56.3. The number of aliphatic carboxylic acids is 2. The van der Waals surface area contributed by atoms with Gasteiger partial charge in [0.05, 0.1) is 19.3 Å². The van der Waals surface area contributed by atoms with Gasteiger partial charge in [-0.3, -0.25) is 52.2 Å². The number of H-pyrrole nitrogens is 1. The van der Waals surface area contributed by atoms with Crippen LogP contribution in [0, 0.1) is 0 Å². The van der Waals surface area contributed by atoms with Crippen LogP contribution in [0.5, 0.6) is 0 Å². The van der Waals surface area contributed by atoms with E-state index in [4.69, 9.17) is 35.3 Å². The summed E-state index contributed by atoms with van der Waals surface area (Å²) in [6, 6.07) is -7.96. The second kappa shape index (κ2) is 28.1. The summed E-state index contributed by atoms with van der Waals surface area (Å²) in [7, 11) is -11.5. The molecule has 3 unspecified atom stereocenters. The Morgan fingerprint density at radius 1 is 0.770 bits per heavy atom. The molecule has 0 saturated carbocycles. The van der Waals surface area contributed by atoms with Crippen molar-refractivity contribution in [2.75, 3.05) is 19.8 Å². The van der Waals surface area contributed by atoms with Gasteiger partial charge in [0.1, 0.15) is 72.9 Å². The molecule has 74 heavy (non-hydrogen) atoms. The average molecular weight is 1110 g/mol. The fraction of sp³-hybridized carbons (Fsp3) is 0.711. The lowest BCUT2D eigenvalue weighted by atomic mass is 9.97. The number of carboxylic acid groups (broad SMARTS) is 2. The first-order valence-corrected chi connectivity index (χ1v) is 25.5. The number of phosphoric acid groups is 2. The maximum Gasteiger partial charge on any atom is 0.483 e. The number of nitrogens with two attached hydrogens (primary N) is 2. The topological polar surface area (TPSA) is 538 Å². The molecule has 3 heterocycles. The van der Waals surface area contributed by atoms with Crippen molar-refractivity contribution in [2.45, 2.75) is 151 Å². The summed E-state index contributed by atoms with van der Waals surface area (Å²) in [5.41, 5.74) is 9.77. The number of hydrogen-bond donors (Lipinski definition) is 16. The lowest BCUT2D eigenvalue weighted by Crippen LogP contribution is -2.64. The Labute approximate surface area is 418 Å². The largest absolute Gasteiger partial charge is 0.483 e. The number of aromatic amines is 1. The van der Waals surface area contributed by atoms with Gasteiger partial charge in [0.15, 0.2) is 12.5 Å². The molecule has 18 N–H and O–H groups in total. The van der Waals surface area contributed by atoms with Crippen molar-refractivity contribution in [3.63, 3.8) is 0 Å². The quantitative estimate of drug-likeness (QED) is 0.0262. The lowest BCUT2D eigenvalue weighted by Gasteiger charge is -2.43. The normalized spacial score (nSPS) is 26.8. The smallest absolute Gasteiger partial charge is 0.480 e. The summed E-state index contributed by atoms with van der Waals surface area (Å²) >= 11 is 0. The van der Waals surface area contributed by atoms with Gasteiger partial charge in [-0.2, -0.15) is 4.31 Å². The molecule has 5 amide bonds. The zero-order valence-corrected chi connectivity index (χ0v) is 41.8. The first kappa shape index (κ1) is 63.2. The van der Waals surface area contributed by atoms with Gasteiger partial charge in [-0.25, -0.2) is 18.7 Å². The minimum atomic E-state index is -5.83. The van der Waals surface area contributed by atoms with Gasteiger partial charge >= 0.3 is 33.3 Å². The lowest BCUT2D eigenvalue weighted by molar-refractivity contribution is -0.256. The highest BCUT2D eigenvalue weighted by molar-refractivity contribution is 7.61. The van der Waals surface area contributed by atoms with Crippen LogP contribution in [0.1, 0.15) is 66.0 Å². The highest BCUT2D eigenvalue weighted by atomic mass is 31.3. The van der Waals surface area contributed by atoms with Crippen molar-refractivity contribution >= 4 is 57.1 Å². The number of ether oxygens (including phenoxy) is 3. The van der Waals surface area contributed by atoms with Crippen molar-refractivity contribution in [3.8, 4) is 0 Å². The molecule has 2 aliphatic heterocycles. The molecule has 1 aromatic rings. The Morgan fingerprint density at radius 2 is 1.38 bits per heavy atom.